The average molecular weight is 419 g/mol. The monoisotopic (exact) mass is 418 g/mol. The third-order valence-electron chi connectivity index (χ3n) is 7.15. The minimum Gasteiger partial charge on any atom is -0.486 e. The highest BCUT2D eigenvalue weighted by molar-refractivity contribution is 5.85. The molecule has 31 heavy (non-hydrogen) atoms. The Bertz CT molecular complexity index is 973. The third-order valence-corrected chi connectivity index (χ3v) is 7.15. The maximum atomic E-state index is 10.8. The van der Waals surface area contributed by atoms with Crippen molar-refractivity contribution in [1.82, 2.24) is 0 Å². The molecule has 2 atom stereocenters. The van der Waals surface area contributed by atoms with Gasteiger partial charge in [-0.2, -0.15) is 0 Å². The lowest BCUT2D eigenvalue weighted by molar-refractivity contribution is -0.131. The van der Waals surface area contributed by atoms with Crippen LogP contribution in [-0.4, -0.2) is 24.3 Å². The molecule has 162 valence electrons. The summed E-state index contributed by atoms with van der Waals surface area (Å²) in [4.78, 5) is 10.8. The first-order valence-electron chi connectivity index (χ1n) is 11.5. The Morgan fingerprint density at radius 2 is 1.65 bits per heavy atom. The molecule has 2 aromatic rings. The number of rotatable bonds is 4. The highest BCUT2D eigenvalue weighted by Gasteiger charge is 2.37. The summed E-state index contributed by atoms with van der Waals surface area (Å²) in [5.41, 5.74) is 4.43. The van der Waals surface area contributed by atoms with Crippen molar-refractivity contribution in [2.24, 2.45) is 17.8 Å². The second-order valence-electron chi connectivity index (χ2n) is 9.60. The van der Waals surface area contributed by atoms with Gasteiger partial charge in [-0.15, -0.1) is 0 Å². The van der Waals surface area contributed by atoms with Gasteiger partial charge in [-0.3, -0.25) is 0 Å². The van der Waals surface area contributed by atoms with Crippen LogP contribution < -0.4 is 9.47 Å². The highest BCUT2D eigenvalue weighted by atomic mass is 16.6. The summed E-state index contributed by atoms with van der Waals surface area (Å²) in [6.07, 6.45) is 9.39. The van der Waals surface area contributed by atoms with E-state index in [0.717, 1.165) is 52.0 Å². The van der Waals surface area contributed by atoms with E-state index in [9.17, 15) is 4.79 Å². The van der Waals surface area contributed by atoms with Crippen molar-refractivity contribution in [2.45, 2.75) is 44.9 Å². The minimum absolute atomic E-state index is 0.532. The molecule has 0 spiro atoms. The molecule has 4 nitrogen and oxygen atoms in total. The van der Waals surface area contributed by atoms with Crippen LogP contribution in [0.2, 0.25) is 0 Å². The SMILES string of the molecule is CC1CC2CC(C1)CC(c1cc(-c3ccc(/C=C/C(=O)O)cc3)cc3c1OCCO3)C2. The number of hydrogen-bond donors (Lipinski definition) is 1. The Labute approximate surface area is 183 Å². The molecule has 0 aromatic heterocycles. The lowest BCUT2D eigenvalue weighted by Crippen LogP contribution is -2.30. The quantitative estimate of drug-likeness (QED) is 0.605. The molecule has 2 unspecified atom stereocenters. The smallest absolute Gasteiger partial charge is 0.328 e. The lowest BCUT2D eigenvalue weighted by atomic mass is 9.63. The molecular weight excluding hydrogens is 388 g/mol. The number of carboxylic acid groups (broad SMARTS) is 1. The van der Waals surface area contributed by atoms with Gasteiger partial charge in [0.2, 0.25) is 0 Å². The van der Waals surface area contributed by atoms with E-state index in [0.29, 0.717) is 19.1 Å². The summed E-state index contributed by atoms with van der Waals surface area (Å²) in [5, 5.41) is 8.84. The van der Waals surface area contributed by atoms with E-state index >= 15 is 0 Å². The van der Waals surface area contributed by atoms with Gasteiger partial charge in [0.05, 0.1) is 0 Å². The molecule has 2 aromatic carbocycles. The summed E-state index contributed by atoms with van der Waals surface area (Å²) in [6.45, 7) is 3.61. The summed E-state index contributed by atoms with van der Waals surface area (Å²) >= 11 is 0. The Hall–Kier alpha value is -2.75. The van der Waals surface area contributed by atoms with Crippen molar-refractivity contribution < 1.29 is 19.4 Å². The van der Waals surface area contributed by atoms with Gasteiger partial charge < -0.3 is 14.6 Å². The molecule has 2 aliphatic carbocycles. The number of aliphatic carboxylic acids is 1. The number of benzene rings is 2. The molecular formula is C27H30O4. The summed E-state index contributed by atoms with van der Waals surface area (Å²) < 4.78 is 12.1. The van der Waals surface area contributed by atoms with Crippen LogP contribution in [-0.2, 0) is 4.79 Å². The third kappa shape index (κ3) is 4.34. The van der Waals surface area contributed by atoms with Gasteiger partial charge in [-0.25, -0.2) is 4.79 Å². The molecule has 4 heteroatoms. The second kappa shape index (κ2) is 8.41. The highest BCUT2D eigenvalue weighted by Crippen LogP contribution is 2.52. The zero-order chi connectivity index (χ0) is 21.4. The van der Waals surface area contributed by atoms with Crippen LogP contribution >= 0.6 is 0 Å². The predicted molar refractivity (Wildman–Crippen MR) is 122 cm³/mol. The largest absolute Gasteiger partial charge is 0.486 e. The predicted octanol–water partition coefficient (Wildman–Crippen LogP) is 6.15. The van der Waals surface area contributed by atoms with E-state index in [1.807, 2.05) is 24.3 Å². The number of carboxylic acids is 1. The number of fused-ring (bicyclic) bond motifs is 3. The van der Waals surface area contributed by atoms with E-state index in [1.165, 1.54) is 37.7 Å². The first-order chi connectivity index (χ1) is 15.0. The molecule has 0 radical (unpaired) electrons. The number of ether oxygens (including phenoxy) is 2. The summed E-state index contributed by atoms with van der Waals surface area (Å²) in [6, 6.07) is 12.4. The van der Waals surface area contributed by atoms with Crippen LogP contribution in [0.1, 0.15) is 56.1 Å². The fraction of sp³-hybridized carbons (Fsp3) is 0.444. The van der Waals surface area contributed by atoms with Crippen molar-refractivity contribution in [3.05, 3.63) is 53.6 Å². The molecule has 5 rings (SSSR count). The molecule has 0 amide bonds. The van der Waals surface area contributed by atoms with Crippen molar-refractivity contribution >= 4 is 12.0 Å². The lowest BCUT2D eigenvalue weighted by Gasteiger charge is -2.42. The van der Waals surface area contributed by atoms with E-state index in [2.05, 4.69) is 19.1 Å². The van der Waals surface area contributed by atoms with E-state index in [1.54, 1.807) is 6.08 Å². The van der Waals surface area contributed by atoms with Crippen LogP contribution in [0.3, 0.4) is 0 Å². The maximum absolute atomic E-state index is 10.8. The van der Waals surface area contributed by atoms with Gasteiger partial charge in [-0.05, 0) is 90.7 Å². The summed E-state index contributed by atoms with van der Waals surface area (Å²) in [5.74, 6) is 3.93. The van der Waals surface area contributed by atoms with Crippen LogP contribution in [0.25, 0.3) is 17.2 Å². The normalized spacial score (nSPS) is 27.3. The van der Waals surface area contributed by atoms with Crippen LogP contribution in [0.15, 0.2) is 42.5 Å². The van der Waals surface area contributed by atoms with Gasteiger partial charge in [0.25, 0.3) is 0 Å². The molecule has 0 saturated heterocycles. The maximum Gasteiger partial charge on any atom is 0.328 e. The van der Waals surface area contributed by atoms with Crippen LogP contribution in [0.5, 0.6) is 11.5 Å². The van der Waals surface area contributed by atoms with E-state index < -0.39 is 5.97 Å². The molecule has 3 aliphatic rings. The Morgan fingerprint density at radius 1 is 0.935 bits per heavy atom. The number of hydrogen-bond acceptors (Lipinski definition) is 3. The van der Waals surface area contributed by atoms with Crippen molar-refractivity contribution in [3.63, 3.8) is 0 Å². The van der Waals surface area contributed by atoms with E-state index in [-0.39, 0.29) is 0 Å². The minimum atomic E-state index is -0.938. The fourth-order valence-corrected chi connectivity index (χ4v) is 6.04. The zero-order valence-electron chi connectivity index (χ0n) is 18.0. The van der Waals surface area contributed by atoms with Crippen LogP contribution in [0, 0.1) is 17.8 Å². The van der Waals surface area contributed by atoms with Crippen molar-refractivity contribution in [1.29, 1.82) is 0 Å². The molecule has 2 fully saturated rings. The Kier molecular flexibility index (Phi) is 5.47. The second-order valence-corrected chi connectivity index (χ2v) is 9.60. The molecule has 1 aliphatic heterocycles. The summed E-state index contributed by atoms with van der Waals surface area (Å²) in [7, 11) is 0. The van der Waals surface area contributed by atoms with Crippen molar-refractivity contribution in [2.75, 3.05) is 13.2 Å². The first-order valence-corrected chi connectivity index (χ1v) is 11.5. The zero-order valence-corrected chi connectivity index (χ0v) is 18.0. The van der Waals surface area contributed by atoms with Crippen LogP contribution in [0.4, 0.5) is 0 Å². The van der Waals surface area contributed by atoms with Gasteiger partial charge in [0, 0.05) is 11.6 Å². The average Bonchev–Trinajstić information content (AvgIpc) is 2.76. The molecule has 2 saturated carbocycles. The van der Waals surface area contributed by atoms with E-state index in [4.69, 9.17) is 14.6 Å². The Morgan fingerprint density at radius 3 is 2.35 bits per heavy atom. The number of carbonyl (C=O) groups is 1. The topological polar surface area (TPSA) is 55.8 Å². The van der Waals surface area contributed by atoms with Gasteiger partial charge in [0.15, 0.2) is 11.5 Å². The standard InChI is InChI=1S/C27H30O4/c1-17-10-19-12-20(11-17)14-23(13-19)24-15-22(16-25-27(24)31-9-8-30-25)21-5-2-18(3-6-21)4-7-26(28)29/h2-7,15-17,19-20,23H,8-14H2,1H3,(H,28,29)/b7-4+. The first kappa shape index (κ1) is 20.2. The molecule has 1 N–H and O–H groups in total. The van der Waals surface area contributed by atoms with Crippen molar-refractivity contribution in [3.8, 4) is 22.6 Å². The molecule has 2 bridgehead atoms. The van der Waals surface area contributed by atoms with Gasteiger partial charge in [0.1, 0.15) is 13.2 Å². The Balaban J connectivity index is 1.48. The molecule has 1 heterocycles. The van der Waals surface area contributed by atoms with Gasteiger partial charge in [-0.1, -0.05) is 31.2 Å². The van der Waals surface area contributed by atoms with Gasteiger partial charge >= 0.3 is 5.97 Å². The fourth-order valence-electron chi connectivity index (χ4n) is 6.04.